The summed E-state index contributed by atoms with van der Waals surface area (Å²) in [5, 5.41) is 0. The van der Waals surface area contributed by atoms with Gasteiger partial charge in [0.05, 0.1) is 38.0 Å². The topological polar surface area (TPSA) is 94.2 Å². The lowest BCUT2D eigenvalue weighted by molar-refractivity contribution is 0.0302. The molecule has 0 aliphatic carbocycles. The molecule has 0 spiro atoms. The van der Waals surface area contributed by atoms with Crippen molar-refractivity contribution in [3.05, 3.63) is 47.5 Å². The molecular formula is C20H24N2O6S. The lowest BCUT2D eigenvalue weighted by Gasteiger charge is -2.27. The predicted octanol–water partition coefficient (Wildman–Crippen LogP) is 2.29. The van der Waals surface area contributed by atoms with Crippen LogP contribution < -0.4 is 14.2 Å². The molecular weight excluding hydrogens is 396 g/mol. The highest BCUT2D eigenvalue weighted by Gasteiger charge is 2.24. The van der Waals surface area contributed by atoms with E-state index in [4.69, 9.17) is 14.2 Å². The third kappa shape index (κ3) is 4.63. The summed E-state index contributed by atoms with van der Waals surface area (Å²) in [5.74, 6) is 0.628. The molecule has 0 atom stereocenters. The Bertz CT molecular complexity index is 1000. The number of aryl methyl sites for hydroxylation is 1. The van der Waals surface area contributed by atoms with E-state index in [-0.39, 0.29) is 16.5 Å². The largest absolute Gasteiger partial charge is 0.497 e. The van der Waals surface area contributed by atoms with Crippen LogP contribution >= 0.6 is 0 Å². The van der Waals surface area contributed by atoms with Gasteiger partial charge < -0.3 is 19.1 Å². The molecule has 0 saturated carbocycles. The van der Waals surface area contributed by atoms with Crippen LogP contribution in [0.15, 0.2) is 41.3 Å². The van der Waals surface area contributed by atoms with Gasteiger partial charge in [-0.3, -0.25) is 9.52 Å². The number of carbonyl (C=O) groups is 1. The molecule has 0 aromatic heterocycles. The lowest BCUT2D eigenvalue weighted by atomic mass is 10.1. The fourth-order valence-electron chi connectivity index (χ4n) is 3.03. The van der Waals surface area contributed by atoms with Gasteiger partial charge in [-0.2, -0.15) is 0 Å². The lowest BCUT2D eigenvalue weighted by Crippen LogP contribution is -2.41. The Balaban J connectivity index is 1.92. The molecule has 1 N–H and O–H groups in total. The Labute approximate surface area is 170 Å². The van der Waals surface area contributed by atoms with E-state index in [9.17, 15) is 13.2 Å². The third-order valence-electron chi connectivity index (χ3n) is 4.70. The molecule has 3 rings (SSSR count). The molecule has 0 bridgehead atoms. The van der Waals surface area contributed by atoms with Gasteiger partial charge in [0.25, 0.3) is 15.9 Å². The quantitative estimate of drug-likeness (QED) is 0.771. The molecule has 1 heterocycles. The summed E-state index contributed by atoms with van der Waals surface area (Å²) in [7, 11) is -1.02. The molecule has 1 aliphatic heterocycles. The van der Waals surface area contributed by atoms with Crippen molar-refractivity contribution in [1.29, 1.82) is 0 Å². The molecule has 0 unspecified atom stereocenters. The van der Waals surface area contributed by atoms with E-state index in [1.165, 1.54) is 32.4 Å². The molecule has 9 heteroatoms. The van der Waals surface area contributed by atoms with Gasteiger partial charge in [0.15, 0.2) is 0 Å². The second kappa shape index (κ2) is 8.71. The van der Waals surface area contributed by atoms with Crippen LogP contribution in [0.25, 0.3) is 0 Å². The van der Waals surface area contributed by atoms with Crippen molar-refractivity contribution >= 4 is 21.6 Å². The fourth-order valence-corrected chi connectivity index (χ4v) is 4.12. The highest BCUT2D eigenvalue weighted by molar-refractivity contribution is 7.92. The van der Waals surface area contributed by atoms with E-state index >= 15 is 0 Å². The van der Waals surface area contributed by atoms with Crippen molar-refractivity contribution in [1.82, 2.24) is 4.90 Å². The summed E-state index contributed by atoms with van der Waals surface area (Å²) in [6.07, 6.45) is 0. The summed E-state index contributed by atoms with van der Waals surface area (Å²) < 4.78 is 44.1. The van der Waals surface area contributed by atoms with E-state index in [1.54, 1.807) is 30.0 Å². The maximum Gasteiger partial charge on any atom is 0.262 e. The standard InChI is InChI=1S/C20H24N2O6S/c1-14-4-6-16(13-17(14)20(23)22-8-10-28-11-9-22)29(24,25)21-18-12-15(26-2)5-7-19(18)27-3/h4-7,12-13,21H,8-11H2,1-3H3. The summed E-state index contributed by atoms with van der Waals surface area (Å²) in [6.45, 7) is 3.69. The third-order valence-corrected chi connectivity index (χ3v) is 6.06. The second-order valence-electron chi connectivity index (χ2n) is 6.55. The van der Waals surface area contributed by atoms with E-state index in [2.05, 4.69) is 4.72 Å². The highest BCUT2D eigenvalue weighted by Crippen LogP contribution is 2.31. The first-order valence-electron chi connectivity index (χ1n) is 9.08. The molecule has 1 aliphatic rings. The summed E-state index contributed by atoms with van der Waals surface area (Å²) in [6, 6.07) is 9.32. The first kappa shape index (κ1) is 20.9. The van der Waals surface area contributed by atoms with Crippen LogP contribution in [0.1, 0.15) is 15.9 Å². The van der Waals surface area contributed by atoms with Gasteiger partial charge in [0, 0.05) is 24.7 Å². The van der Waals surface area contributed by atoms with E-state index in [0.717, 1.165) is 0 Å². The summed E-state index contributed by atoms with van der Waals surface area (Å²) in [4.78, 5) is 14.5. The number of benzene rings is 2. The Morgan fingerprint density at radius 3 is 2.45 bits per heavy atom. The molecule has 1 amide bonds. The number of methoxy groups -OCH3 is 2. The van der Waals surface area contributed by atoms with Gasteiger partial charge in [0.1, 0.15) is 11.5 Å². The molecule has 1 fully saturated rings. The first-order valence-corrected chi connectivity index (χ1v) is 10.6. The van der Waals surface area contributed by atoms with Gasteiger partial charge in [-0.25, -0.2) is 8.42 Å². The molecule has 156 valence electrons. The monoisotopic (exact) mass is 420 g/mol. The molecule has 2 aromatic carbocycles. The number of carbonyl (C=O) groups excluding carboxylic acids is 1. The number of ether oxygens (including phenoxy) is 3. The number of amides is 1. The number of hydrogen-bond acceptors (Lipinski definition) is 6. The van der Waals surface area contributed by atoms with Gasteiger partial charge in [0.2, 0.25) is 0 Å². The van der Waals surface area contributed by atoms with Gasteiger partial charge in [-0.1, -0.05) is 6.07 Å². The molecule has 1 saturated heterocycles. The Morgan fingerprint density at radius 1 is 1.07 bits per heavy atom. The van der Waals surface area contributed by atoms with Crippen molar-refractivity contribution < 1.29 is 27.4 Å². The van der Waals surface area contributed by atoms with Crippen LogP contribution in [0.2, 0.25) is 0 Å². The minimum atomic E-state index is -3.96. The average Bonchev–Trinajstić information content (AvgIpc) is 2.73. The van der Waals surface area contributed by atoms with Gasteiger partial charge >= 0.3 is 0 Å². The van der Waals surface area contributed by atoms with E-state index in [0.29, 0.717) is 48.9 Å². The summed E-state index contributed by atoms with van der Waals surface area (Å²) >= 11 is 0. The zero-order valence-electron chi connectivity index (χ0n) is 16.6. The number of anilines is 1. The maximum absolute atomic E-state index is 13.0. The Morgan fingerprint density at radius 2 is 1.79 bits per heavy atom. The number of sulfonamides is 1. The maximum atomic E-state index is 13.0. The zero-order valence-corrected chi connectivity index (χ0v) is 17.4. The average molecular weight is 420 g/mol. The van der Waals surface area contributed by atoms with Crippen molar-refractivity contribution in [3.8, 4) is 11.5 Å². The SMILES string of the molecule is COc1ccc(OC)c(NS(=O)(=O)c2ccc(C)c(C(=O)N3CCOCC3)c2)c1. The fraction of sp³-hybridized carbons (Fsp3) is 0.350. The molecule has 29 heavy (non-hydrogen) atoms. The number of nitrogens with zero attached hydrogens (tertiary/aromatic N) is 1. The molecule has 2 aromatic rings. The van der Waals surface area contributed by atoms with Crippen molar-refractivity contribution in [2.45, 2.75) is 11.8 Å². The zero-order chi connectivity index (χ0) is 21.0. The van der Waals surface area contributed by atoms with Crippen LogP contribution in [0.3, 0.4) is 0 Å². The van der Waals surface area contributed by atoms with Crippen molar-refractivity contribution in [2.24, 2.45) is 0 Å². The van der Waals surface area contributed by atoms with Gasteiger partial charge in [-0.15, -0.1) is 0 Å². The van der Waals surface area contributed by atoms with Crippen LogP contribution in [0, 0.1) is 6.92 Å². The Hall–Kier alpha value is -2.78. The first-order chi connectivity index (χ1) is 13.9. The normalized spacial score (nSPS) is 14.4. The van der Waals surface area contributed by atoms with Crippen LogP contribution in [0.5, 0.6) is 11.5 Å². The smallest absolute Gasteiger partial charge is 0.262 e. The number of rotatable bonds is 6. The molecule has 8 nitrogen and oxygen atoms in total. The van der Waals surface area contributed by atoms with E-state index < -0.39 is 10.0 Å². The van der Waals surface area contributed by atoms with Gasteiger partial charge in [-0.05, 0) is 36.8 Å². The van der Waals surface area contributed by atoms with Crippen molar-refractivity contribution in [2.75, 3.05) is 45.2 Å². The van der Waals surface area contributed by atoms with Crippen LogP contribution in [-0.2, 0) is 14.8 Å². The van der Waals surface area contributed by atoms with Crippen LogP contribution in [-0.4, -0.2) is 59.7 Å². The number of nitrogens with one attached hydrogen (secondary N) is 1. The van der Waals surface area contributed by atoms with Crippen LogP contribution in [0.4, 0.5) is 5.69 Å². The predicted molar refractivity (Wildman–Crippen MR) is 108 cm³/mol. The number of hydrogen-bond donors (Lipinski definition) is 1. The highest BCUT2D eigenvalue weighted by atomic mass is 32.2. The van der Waals surface area contributed by atoms with Crippen molar-refractivity contribution in [3.63, 3.8) is 0 Å². The Kier molecular flexibility index (Phi) is 6.29. The minimum Gasteiger partial charge on any atom is -0.497 e. The minimum absolute atomic E-state index is 0.00965. The molecule has 0 radical (unpaired) electrons. The van der Waals surface area contributed by atoms with E-state index in [1.807, 2.05) is 0 Å². The number of morpholine rings is 1. The summed E-state index contributed by atoms with van der Waals surface area (Å²) in [5.41, 5.74) is 1.31. The second-order valence-corrected chi connectivity index (χ2v) is 8.24.